The minimum absolute atomic E-state index is 0.144. The second kappa shape index (κ2) is 7.82. The molecule has 9 heteroatoms. The van der Waals surface area contributed by atoms with Crippen molar-refractivity contribution >= 4 is 34.2 Å². The molecule has 2 amide bonds. The van der Waals surface area contributed by atoms with E-state index in [1.54, 1.807) is 36.1 Å². The average molecular weight is 426 g/mol. The van der Waals surface area contributed by atoms with E-state index in [4.69, 9.17) is 5.73 Å². The van der Waals surface area contributed by atoms with Crippen molar-refractivity contribution in [2.75, 3.05) is 25.4 Å². The van der Waals surface area contributed by atoms with E-state index >= 15 is 0 Å². The summed E-state index contributed by atoms with van der Waals surface area (Å²) in [6, 6.07) is 7.97. The van der Waals surface area contributed by atoms with Crippen LogP contribution in [0.15, 0.2) is 42.6 Å². The van der Waals surface area contributed by atoms with Crippen LogP contribution in [0, 0.1) is 11.6 Å². The first-order chi connectivity index (χ1) is 14.8. The number of amides is 2. The molecular weight excluding hydrogens is 406 g/mol. The molecule has 3 aromatic rings. The van der Waals surface area contributed by atoms with Gasteiger partial charge in [-0.05, 0) is 43.3 Å². The quantitative estimate of drug-likeness (QED) is 0.382. The molecule has 1 aliphatic heterocycles. The highest BCUT2D eigenvalue weighted by Crippen LogP contribution is 2.25. The first-order valence-electron chi connectivity index (χ1n) is 9.73. The Bertz CT molecular complexity index is 1190. The highest BCUT2D eigenvalue weighted by atomic mass is 19.1. The van der Waals surface area contributed by atoms with Gasteiger partial charge in [-0.15, -0.1) is 0 Å². The molecule has 1 fully saturated rings. The molecule has 4 rings (SSSR count). The summed E-state index contributed by atoms with van der Waals surface area (Å²) in [5.41, 5.74) is 6.30. The minimum Gasteiger partial charge on any atom is -0.399 e. The number of nitrogens with one attached hydrogen (secondary N) is 1. The third kappa shape index (κ3) is 3.63. The number of anilines is 1. The summed E-state index contributed by atoms with van der Waals surface area (Å²) < 4.78 is 28.1. The number of nitrogens with two attached hydrogens (primary N) is 1. The van der Waals surface area contributed by atoms with Gasteiger partial charge in [-0.3, -0.25) is 14.4 Å². The normalized spacial score (nSPS) is 16.5. The van der Waals surface area contributed by atoms with Gasteiger partial charge in [0.25, 0.3) is 17.6 Å². The first kappa shape index (κ1) is 20.5. The fraction of sp³-hybridized carbons (Fsp3) is 0.227. The number of Topliss-reactive ketones (excluding diaryl/α,β-unsaturated/α-hetero) is 1. The lowest BCUT2D eigenvalue weighted by molar-refractivity contribution is -0.130. The molecule has 2 heterocycles. The van der Waals surface area contributed by atoms with Crippen LogP contribution >= 0.6 is 0 Å². The third-order valence-electron chi connectivity index (χ3n) is 5.51. The number of carbonyl (C=O) groups excluding carboxylic acids is 3. The lowest BCUT2D eigenvalue weighted by atomic mass is 10.1. The number of aromatic amines is 1. The molecule has 1 aliphatic rings. The summed E-state index contributed by atoms with van der Waals surface area (Å²) in [5, 5.41) is -0.247. The van der Waals surface area contributed by atoms with Crippen LogP contribution in [0.3, 0.4) is 0 Å². The number of ketones is 1. The molecule has 0 aliphatic carbocycles. The van der Waals surface area contributed by atoms with Crippen molar-refractivity contribution in [1.82, 2.24) is 14.8 Å². The predicted molar refractivity (Wildman–Crippen MR) is 110 cm³/mol. The number of hydrogen-bond donors (Lipinski definition) is 2. The van der Waals surface area contributed by atoms with Crippen LogP contribution in [0.4, 0.5) is 14.5 Å². The zero-order chi connectivity index (χ0) is 22.3. The van der Waals surface area contributed by atoms with Gasteiger partial charge in [0.1, 0.15) is 11.6 Å². The maximum atomic E-state index is 14.2. The Morgan fingerprint density at radius 2 is 1.71 bits per heavy atom. The van der Waals surface area contributed by atoms with Gasteiger partial charge in [-0.25, -0.2) is 8.78 Å². The Morgan fingerprint density at radius 3 is 2.39 bits per heavy atom. The lowest BCUT2D eigenvalue weighted by Gasteiger charge is -2.39. The molecule has 2 aromatic carbocycles. The van der Waals surface area contributed by atoms with Crippen LogP contribution in [0.2, 0.25) is 0 Å². The van der Waals surface area contributed by atoms with Gasteiger partial charge in [0.05, 0.1) is 11.1 Å². The summed E-state index contributed by atoms with van der Waals surface area (Å²) in [7, 11) is 0. The number of nitrogen functional groups attached to an aromatic ring is 1. The van der Waals surface area contributed by atoms with Crippen molar-refractivity contribution in [1.29, 1.82) is 0 Å². The van der Waals surface area contributed by atoms with E-state index in [2.05, 4.69) is 4.98 Å². The van der Waals surface area contributed by atoms with Crippen LogP contribution in [0.25, 0.3) is 10.9 Å². The topological polar surface area (TPSA) is 99.5 Å². The zero-order valence-corrected chi connectivity index (χ0v) is 16.7. The smallest absolute Gasteiger partial charge is 0.295 e. The number of H-pyrrole nitrogens is 1. The number of benzene rings is 2. The number of hydrogen-bond acceptors (Lipinski definition) is 4. The number of halogens is 2. The number of rotatable bonds is 3. The Kier molecular flexibility index (Phi) is 5.18. The molecule has 1 atom stereocenters. The predicted octanol–water partition coefficient (Wildman–Crippen LogP) is 2.58. The van der Waals surface area contributed by atoms with E-state index in [1.807, 2.05) is 0 Å². The molecule has 31 heavy (non-hydrogen) atoms. The summed E-state index contributed by atoms with van der Waals surface area (Å²) in [6.07, 6.45) is 1.14. The largest absolute Gasteiger partial charge is 0.399 e. The van der Waals surface area contributed by atoms with Crippen molar-refractivity contribution in [2.24, 2.45) is 0 Å². The van der Waals surface area contributed by atoms with Gasteiger partial charge in [0.2, 0.25) is 0 Å². The molecule has 0 saturated carbocycles. The van der Waals surface area contributed by atoms with Gasteiger partial charge < -0.3 is 20.5 Å². The Hall–Kier alpha value is -3.75. The van der Waals surface area contributed by atoms with Gasteiger partial charge in [-0.1, -0.05) is 0 Å². The van der Waals surface area contributed by atoms with Crippen LogP contribution in [0.1, 0.15) is 27.6 Å². The van der Waals surface area contributed by atoms with Gasteiger partial charge >= 0.3 is 0 Å². The highest BCUT2D eigenvalue weighted by molar-refractivity contribution is 6.45. The van der Waals surface area contributed by atoms with Crippen molar-refractivity contribution < 1.29 is 23.2 Å². The molecule has 0 unspecified atom stereocenters. The van der Waals surface area contributed by atoms with Crippen molar-refractivity contribution in [3.8, 4) is 0 Å². The Balaban J connectivity index is 1.50. The maximum absolute atomic E-state index is 14.2. The fourth-order valence-corrected chi connectivity index (χ4v) is 3.85. The van der Waals surface area contributed by atoms with E-state index in [-0.39, 0.29) is 42.0 Å². The first-order valence-corrected chi connectivity index (χ1v) is 9.73. The molecule has 0 bridgehead atoms. The molecule has 0 radical (unpaired) electrons. The molecule has 1 aromatic heterocycles. The fourth-order valence-electron chi connectivity index (χ4n) is 3.85. The SMILES string of the molecule is C[C@@H]1CN(C(=O)c2ccc(N)cc2)CCN1C(=O)C(=O)c1c[nH]c2c(F)ccc(F)c12. The molecule has 3 N–H and O–H groups in total. The lowest BCUT2D eigenvalue weighted by Crippen LogP contribution is -2.56. The number of fused-ring (bicyclic) bond motifs is 1. The number of nitrogens with zero attached hydrogens (tertiary/aromatic N) is 2. The van der Waals surface area contributed by atoms with Gasteiger partial charge in [-0.2, -0.15) is 0 Å². The average Bonchev–Trinajstić information content (AvgIpc) is 3.22. The third-order valence-corrected chi connectivity index (χ3v) is 5.51. The van der Waals surface area contributed by atoms with E-state index in [9.17, 15) is 23.2 Å². The molecule has 7 nitrogen and oxygen atoms in total. The summed E-state index contributed by atoms with van der Waals surface area (Å²) >= 11 is 0. The Labute approximate surface area is 176 Å². The zero-order valence-electron chi connectivity index (χ0n) is 16.7. The maximum Gasteiger partial charge on any atom is 0.295 e. The second-order valence-corrected chi connectivity index (χ2v) is 7.53. The summed E-state index contributed by atoms with van der Waals surface area (Å²) in [4.78, 5) is 43.8. The molecule has 0 spiro atoms. The summed E-state index contributed by atoms with van der Waals surface area (Å²) in [5.74, 6) is -3.45. The van der Waals surface area contributed by atoms with Crippen molar-refractivity contribution in [3.05, 3.63) is 65.4 Å². The molecule has 160 valence electrons. The van der Waals surface area contributed by atoms with E-state index in [0.29, 0.717) is 11.3 Å². The number of aromatic nitrogens is 1. The van der Waals surface area contributed by atoms with E-state index in [0.717, 1.165) is 18.3 Å². The van der Waals surface area contributed by atoms with Crippen molar-refractivity contribution in [3.63, 3.8) is 0 Å². The second-order valence-electron chi connectivity index (χ2n) is 7.53. The van der Waals surface area contributed by atoms with E-state index < -0.39 is 29.4 Å². The number of carbonyl (C=O) groups is 3. The van der Waals surface area contributed by atoms with Crippen LogP contribution in [0.5, 0.6) is 0 Å². The molecule has 1 saturated heterocycles. The van der Waals surface area contributed by atoms with Gasteiger partial charge in [0, 0.05) is 48.5 Å². The summed E-state index contributed by atoms with van der Waals surface area (Å²) in [6.45, 7) is 2.34. The number of piperazine rings is 1. The van der Waals surface area contributed by atoms with E-state index in [1.165, 1.54) is 4.90 Å². The van der Waals surface area contributed by atoms with Gasteiger partial charge in [0.15, 0.2) is 0 Å². The van der Waals surface area contributed by atoms with Crippen LogP contribution in [-0.4, -0.2) is 58.1 Å². The minimum atomic E-state index is -0.930. The monoisotopic (exact) mass is 426 g/mol. The Morgan fingerprint density at radius 1 is 1.03 bits per heavy atom. The molecular formula is C22H20F2N4O3. The van der Waals surface area contributed by atoms with Crippen LogP contribution < -0.4 is 5.73 Å². The van der Waals surface area contributed by atoms with Crippen molar-refractivity contribution in [2.45, 2.75) is 13.0 Å². The highest BCUT2D eigenvalue weighted by Gasteiger charge is 2.34. The standard InChI is InChI=1S/C22H20F2N4O3/c1-12-11-27(21(30)13-2-4-14(25)5-3-13)8-9-28(12)22(31)20(29)15-10-26-19-17(24)7-6-16(23)18(15)19/h2-7,10,12,26H,8-9,11,25H2,1H3/t12-/m1/s1. The van der Waals surface area contributed by atoms with Crippen LogP contribution in [-0.2, 0) is 4.79 Å².